The fourth-order valence-electron chi connectivity index (χ4n) is 2.24. The largest absolute Gasteiger partial charge is 0.328 e. The molecule has 0 bridgehead atoms. The molecule has 1 aromatic carbocycles. The van der Waals surface area contributed by atoms with Crippen LogP contribution in [0.5, 0.6) is 0 Å². The monoisotopic (exact) mass is 277 g/mol. The van der Waals surface area contributed by atoms with Crippen molar-refractivity contribution in [2.45, 2.75) is 40.2 Å². The number of nitrogens with two attached hydrogens (primary N) is 1. The van der Waals surface area contributed by atoms with E-state index in [-0.39, 0.29) is 6.04 Å². The number of halogens is 1. The van der Waals surface area contributed by atoms with E-state index in [0.29, 0.717) is 0 Å². The summed E-state index contributed by atoms with van der Waals surface area (Å²) in [6.45, 7) is 8.00. The van der Waals surface area contributed by atoms with Crippen LogP contribution in [0.15, 0.2) is 18.2 Å². The highest BCUT2D eigenvalue weighted by molar-refractivity contribution is 6.31. The van der Waals surface area contributed by atoms with E-state index in [1.54, 1.807) is 0 Å². The Morgan fingerprint density at radius 2 is 2.00 bits per heavy atom. The highest BCUT2D eigenvalue weighted by atomic mass is 35.5. The first kappa shape index (κ1) is 14.1. The number of hydrogen-bond donors (Lipinski definition) is 1. The number of hydrogen-bond acceptors (Lipinski definition) is 2. The van der Waals surface area contributed by atoms with Crippen LogP contribution in [-0.4, -0.2) is 15.8 Å². The zero-order valence-electron chi connectivity index (χ0n) is 11.9. The lowest BCUT2D eigenvalue weighted by Gasteiger charge is -2.12. The maximum atomic E-state index is 6.22. The lowest BCUT2D eigenvalue weighted by atomic mass is 10.0. The molecule has 1 heterocycles. The van der Waals surface area contributed by atoms with Gasteiger partial charge in [0, 0.05) is 6.04 Å². The molecule has 2 rings (SSSR count). The van der Waals surface area contributed by atoms with Crippen molar-refractivity contribution >= 4 is 11.6 Å². The molecule has 1 aromatic heterocycles. The van der Waals surface area contributed by atoms with E-state index >= 15 is 0 Å². The summed E-state index contributed by atoms with van der Waals surface area (Å²) in [4.78, 5) is 0. The summed E-state index contributed by atoms with van der Waals surface area (Å²) >= 11 is 6.22. The van der Waals surface area contributed by atoms with E-state index in [4.69, 9.17) is 17.3 Å². The third-order valence-corrected chi connectivity index (χ3v) is 3.81. The summed E-state index contributed by atoms with van der Waals surface area (Å²) < 4.78 is 1.91. The van der Waals surface area contributed by atoms with Crippen molar-refractivity contribution in [2.24, 2.45) is 5.73 Å². The smallest absolute Gasteiger partial charge is 0.0848 e. The van der Waals surface area contributed by atoms with Crippen molar-refractivity contribution in [1.82, 2.24) is 9.78 Å². The molecule has 0 radical (unpaired) electrons. The second kappa shape index (κ2) is 5.35. The Balaban J connectivity index is 2.51. The van der Waals surface area contributed by atoms with Crippen LogP contribution in [0, 0.1) is 20.8 Å². The van der Waals surface area contributed by atoms with Gasteiger partial charge in [-0.25, -0.2) is 4.68 Å². The van der Waals surface area contributed by atoms with E-state index in [2.05, 4.69) is 30.2 Å². The van der Waals surface area contributed by atoms with Crippen LogP contribution in [-0.2, 0) is 6.42 Å². The number of rotatable bonds is 3. The van der Waals surface area contributed by atoms with Gasteiger partial charge in [-0.05, 0) is 51.3 Å². The number of nitrogens with zero attached hydrogens (tertiary/aromatic N) is 2. The molecule has 102 valence electrons. The van der Waals surface area contributed by atoms with Crippen LogP contribution in [0.1, 0.15) is 29.4 Å². The van der Waals surface area contributed by atoms with Gasteiger partial charge in [0.05, 0.1) is 22.1 Å². The van der Waals surface area contributed by atoms with E-state index < -0.39 is 0 Å². The Labute approximate surface area is 119 Å². The van der Waals surface area contributed by atoms with Gasteiger partial charge in [-0.1, -0.05) is 23.7 Å². The van der Waals surface area contributed by atoms with Gasteiger partial charge in [-0.15, -0.1) is 0 Å². The van der Waals surface area contributed by atoms with Crippen LogP contribution in [0.3, 0.4) is 0 Å². The summed E-state index contributed by atoms with van der Waals surface area (Å²) in [5.74, 6) is 0. The Bertz CT molecular complexity index is 600. The zero-order chi connectivity index (χ0) is 14.2. The van der Waals surface area contributed by atoms with Crippen LogP contribution in [0.2, 0.25) is 5.02 Å². The molecule has 1 atom stereocenters. The normalized spacial score (nSPS) is 12.7. The summed E-state index contributed by atoms with van der Waals surface area (Å²) in [5, 5.41) is 5.25. The van der Waals surface area contributed by atoms with E-state index in [1.165, 1.54) is 11.1 Å². The van der Waals surface area contributed by atoms with Crippen molar-refractivity contribution < 1.29 is 0 Å². The molecule has 2 N–H and O–H groups in total. The number of benzene rings is 1. The average Bonchev–Trinajstić information content (AvgIpc) is 2.59. The Kier molecular flexibility index (Phi) is 3.97. The topological polar surface area (TPSA) is 43.8 Å². The Morgan fingerprint density at radius 3 is 2.53 bits per heavy atom. The summed E-state index contributed by atoms with van der Waals surface area (Å²) in [6, 6.07) is 6.53. The molecule has 0 aliphatic heterocycles. The van der Waals surface area contributed by atoms with Gasteiger partial charge in [0.15, 0.2) is 0 Å². The fraction of sp³-hybridized carbons (Fsp3) is 0.400. The first-order valence-electron chi connectivity index (χ1n) is 6.47. The van der Waals surface area contributed by atoms with Crippen molar-refractivity contribution in [3.63, 3.8) is 0 Å². The minimum absolute atomic E-state index is 0.152. The molecule has 0 spiro atoms. The van der Waals surface area contributed by atoms with Gasteiger partial charge < -0.3 is 5.73 Å². The minimum atomic E-state index is 0.152. The van der Waals surface area contributed by atoms with Gasteiger partial charge >= 0.3 is 0 Å². The van der Waals surface area contributed by atoms with Crippen molar-refractivity contribution in [2.75, 3.05) is 0 Å². The second-order valence-corrected chi connectivity index (χ2v) is 5.58. The predicted octanol–water partition coefficient (Wildman–Crippen LogP) is 3.34. The van der Waals surface area contributed by atoms with Gasteiger partial charge in [-0.2, -0.15) is 5.10 Å². The zero-order valence-corrected chi connectivity index (χ0v) is 12.6. The van der Waals surface area contributed by atoms with Crippen LogP contribution >= 0.6 is 11.6 Å². The van der Waals surface area contributed by atoms with E-state index in [0.717, 1.165) is 28.5 Å². The molecule has 3 nitrogen and oxygen atoms in total. The van der Waals surface area contributed by atoms with Gasteiger partial charge in [0.2, 0.25) is 0 Å². The maximum Gasteiger partial charge on any atom is 0.0848 e. The fourth-order valence-corrected chi connectivity index (χ4v) is 2.36. The Morgan fingerprint density at radius 1 is 1.32 bits per heavy atom. The highest BCUT2D eigenvalue weighted by Crippen LogP contribution is 2.25. The quantitative estimate of drug-likeness (QED) is 0.935. The van der Waals surface area contributed by atoms with Crippen LogP contribution in [0.4, 0.5) is 0 Å². The van der Waals surface area contributed by atoms with Gasteiger partial charge in [0.25, 0.3) is 0 Å². The molecule has 1 unspecified atom stereocenters. The van der Waals surface area contributed by atoms with Crippen molar-refractivity contribution in [3.8, 4) is 5.69 Å². The third kappa shape index (κ3) is 2.82. The lowest BCUT2D eigenvalue weighted by Crippen LogP contribution is -2.18. The first-order valence-corrected chi connectivity index (χ1v) is 6.85. The van der Waals surface area contributed by atoms with Crippen molar-refractivity contribution in [1.29, 1.82) is 0 Å². The summed E-state index contributed by atoms with van der Waals surface area (Å²) in [7, 11) is 0. The van der Waals surface area contributed by atoms with Crippen molar-refractivity contribution in [3.05, 3.63) is 45.7 Å². The van der Waals surface area contributed by atoms with E-state index in [9.17, 15) is 0 Å². The molecule has 0 aliphatic carbocycles. The molecule has 4 heteroatoms. The average molecular weight is 278 g/mol. The standard InChI is InChI=1S/C15H20ClN3/c1-9-5-6-13(7-10(2)17)8-14(9)19-12(4)15(16)11(3)18-19/h5-6,8,10H,7,17H2,1-4H3. The summed E-state index contributed by atoms with van der Waals surface area (Å²) in [5.41, 5.74) is 11.2. The SMILES string of the molecule is Cc1ccc(CC(C)N)cc1-n1nc(C)c(Cl)c1C. The molecule has 0 aliphatic rings. The highest BCUT2D eigenvalue weighted by Gasteiger charge is 2.13. The molecule has 0 saturated carbocycles. The predicted molar refractivity (Wildman–Crippen MR) is 80.1 cm³/mol. The molecule has 19 heavy (non-hydrogen) atoms. The van der Waals surface area contributed by atoms with Crippen LogP contribution in [0.25, 0.3) is 5.69 Å². The first-order chi connectivity index (χ1) is 8.90. The second-order valence-electron chi connectivity index (χ2n) is 5.20. The van der Waals surface area contributed by atoms with Gasteiger partial charge in [0.1, 0.15) is 0 Å². The third-order valence-electron chi connectivity index (χ3n) is 3.26. The summed E-state index contributed by atoms with van der Waals surface area (Å²) in [6.07, 6.45) is 0.861. The molecular weight excluding hydrogens is 258 g/mol. The molecule has 0 amide bonds. The molecular formula is C15H20ClN3. The van der Waals surface area contributed by atoms with E-state index in [1.807, 2.05) is 25.5 Å². The van der Waals surface area contributed by atoms with Gasteiger partial charge in [-0.3, -0.25) is 0 Å². The lowest BCUT2D eigenvalue weighted by molar-refractivity contribution is 0.735. The molecule has 2 aromatic rings. The number of aryl methyl sites for hydroxylation is 2. The molecule has 0 fully saturated rings. The number of aromatic nitrogens is 2. The molecule has 0 saturated heterocycles. The van der Waals surface area contributed by atoms with Crippen LogP contribution < -0.4 is 5.73 Å². The minimum Gasteiger partial charge on any atom is -0.328 e. The maximum absolute atomic E-state index is 6.22. The Hall–Kier alpha value is -1.32.